The molecule has 0 unspecified atom stereocenters. The van der Waals surface area contributed by atoms with Crippen molar-refractivity contribution in [3.8, 4) is 0 Å². The summed E-state index contributed by atoms with van der Waals surface area (Å²) in [4.78, 5) is 13.7. The van der Waals surface area contributed by atoms with Crippen LogP contribution in [-0.2, 0) is 0 Å². The van der Waals surface area contributed by atoms with Gasteiger partial charge in [-0.3, -0.25) is 4.79 Å². The lowest BCUT2D eigenvalue weighted by Gasteiger charge is -2.39. The number of hydrogen-bond donors (Lipinski definition) is 1. The minimum absolute atomic E-state index is 0.0218. The number of hydrogen-bond acceptors (Lipinski definition) is 4. The van der Waals surface area contributed by atoms with Crippen LogP contribution in [0.5, 0.6) is 0 Å². The van der Waals surface area contributed by atoms with E-state index in [0.717, 1.165) is 24.5 Å². The number of rotatable bonds is 2. The van der Waals surface area contributed by atoms with Crippen LogP contribution in [0, 0.1) is 0 Å². The summed E-state index contributed by atoms with van der Waals surface area (Å²) in [5.41, 5.74) is 8.26. The van der Waals surface area contributed by atoms with Gasteiger partial charge >= 0.3 is 0 Å². The SMILES string of the molecule is CC(=O)c1ccc(N2CCSC(C)(C)C2)cc1N. The Hall–Kier alpha value is -1.16. The van der Waals surface area contributed by atoms with Crippen LogP contribution in [0.25, 0.3) is 0 Å². The fraction of sp³-hybridized carbons (Fsp3) is 0.500. The first-order valence-electron chi connectivity index (χ1n) is 6.18. The van der Waals surface area contributed by atoms with Crippen LogP contribution in [0.4, 0.5) is 11.4 Å². The van der Waals surface area contributed by atoms with Gasteiger partial charge in [0.25, 0.3) is 0 Å². The molecule has 1 aromatic carbocycles. The molecule has 3 nitrogen and oxygen atoms in total. The van der Waals surface area contributed by atoms with Crippen molar-refractivity contribution in [3.63, 3.8) is 0 Å². The second-order valence-corrected chi connectivity index (χ2v) is 7.16. The molecular formula is C14H20N2OS. The minimum Gasteiger partial charge on any atom is -0.398 e. The molecule has 1 aliphatic heterocycles. The molecule has 18 heavy (non-hydrogen) atoms. The zero-order valence-electron chi connectivity index (χ0n) is 11.2. The summed E-state index contributed by atoms with van der Waals surface area (Å²) in [6.07, 6.45) is 0. The van der Waals surface area contributed by atoms with Crippen molar-refractivity contribution in [2.24, 2.45) is 0 Å². The fourth-order valence-corrected chi connectivity index (χ4v) is 3.42. The van der Waals surface area contributed by atoms with E-state index >= 15 is 0 Å². The quantitative estimate of drug-likeness (QED) is 0.659. The van der Waals surface area contributed by atoms with Gasteiger partial charge in [-0.25, -0.2) is 0 Å². The van der Waals surface area contributed by atoms with Crippen LogP contribution in [0.15, 0.2) is 18.2 Å². The zero-order valence-corrected chi connectivity index (χ0v) is 12.0. The smallest absolute Gasteiger partial charge is 0.161 e. The Morgan fingerprint density at radius 3 is 2.72 bits per heavy atom. The van der Waals surface area contributed by atoms with Crippen molar-refractivity contribution in [2.45, 2.75) is 25.5 Å². The predicted octanol–water partition coefficient (Wildman–Crippen LogP) is 2.80. The first-order chi connectivity index (χ1) is 8.39. The molecule has 0 amide bonds. The van der Waals surface area contributed by atoms with Gasteiger partial charge in [-0.05, 0) is 39.0 Å². The molecule has 98 valence electrons. The molecule has 0 saturated carbocycles. The lowest BCUT2D eigenvalue weighted by molar-refractivity contribution is 0.101. The van der Waals surface area contributed by atoms with Gasteiger partial charge < -0.3 is 10.6 Å². The number of nitrogens with zero attached hydrogens (tertiary/aromatic N) is 1. The van der Waals surface area contributed by atoms with Gasteiger partial charge in [0.05, 0.1) is 0 Å². The average Bonchev–Trinajstić information content (AvgIpc) is 2.27. The molecule has 0 radical (unpaired) electrons. The second-order valence-electron chi connectivity index (χ2n) is 5.36. The standard InChI is InChI=1S/C14H20N2OS/c1-10(17)12-5-4-11(8-13(12)15)16-6-7-18-14(2,3)9-16/h4-5,8H,6-7,9,15H2,1-3H3. The molecule has 2 rings (SSSR count). The van der Waals surface area contributed by atoms with Crippen LogP contribution in [-0.4, -0.2) is 29.4 Å². The highest BCUT2D eigenvalue weighted by molar-refractivity contribution is 8.00. The number of carbonyl (C=O) groups is 1. The number of nitrogens with two attached hydrogens (primary N) is 1. The van der Waals surface area contributed by atoms with E-state index in [2.05, 4.69) is 18.7 Å². The van der Waals surface area contributed by atoms with Gasteiger partial charge in [0.15, 0.2) is 5.78 Å². The van der Waals surface area contributed by atoms with Crippen LogP contribution in [0.2, 0.25) is 0 Å². The molecule has 2 N–H and O–H groups in total. The molecule has 4 heteroatoms. The van der Waals surface area contributed by atoms with Crippen LogP contribution in [0.3, 0.4) is 0 Å². The molecule has 1 saturated heterocycles. The van der Waals surface area contributed by atoms with E-state index in [0.29, 0.717) is 11.3 Å². The normalized spacial score (nSPS) is 18.7. The summed E-state index contributed by atoms with van der Waals surface area (Å²) < 4.78 is 0.270. The number of anilines is 2. The third-order valence-corrected chi connectivity index (χ3v) is 4.50. The summed E-state index contributed by atoms with van der Waals surface area (Å²) in [7, 11) is 0. The topological polar surface area (TPSA) is 46.3 Å². The molecule has 0 bridgehead atoms. The Bertz CT molecular complexity index is 471. The number of nitrogen functional groups attached to an aromatic ring is 1. The Kier molecular flexibility index (Phi) is 3.57. The molecule has 0 aliphatic carbocycles. The van der Waals surface area contributed by atoms with Crippen molar-refractivity contribution in [1.29, 1.82) is 0 Å². The third kappa shape index (κ3) is 2.80. The average molecular weight is 264 g/mol. The highest BCUT2D eigenvalue weighted by Gasteiger charge is 2.27. The molecule has 1 aliphatic rings. The van der Waals surface area contributed by atoms with Crippen molar-refractivity contribution < 1.29 is 4.79 Å². The van der Waals surface area contributed by atoms with E-state index in [4.69, 9.17) is 5.73 Å². The van der Waals surface area contributed by atoms with Crippen molar-refractivity contribution in [2.75, 3.05) is 29.5 Å². The second kappa shape index (κ2) is 4.84. The number of carbonyl (C=O) groups excluding carboxylic acids is 1. The van der Waals surface area contributed by atoms with Crippen LogP contribution in [0.1, 0.15) is 31.1 Å². The first kappa shape index (κ1) is 13.3. The van der Waals surface area contributed by atoms with E-state index in [1.807, 2.05) is 30.0 Å². The van der Waals surface area contributed by atoms with Gasteiger partial charge in [0.2, 0.25) is 0 Å². The van der Waals surface area contributed by atoms with Crippen molar-refractivity contribution in [1.82, 2.24) is 0 Å². The van der Waals surface area contributed by atoms with E-state index in [1.54, 1.807) is 6.92 Å². The summed E-state index contributed by atoms with van der Waals surface area (Å²) in [6.45, 7) is 8.11. The molecule has 0 aromatic heterocycles. The Balaban J connectivity index is 2.24. The van der Waals surface area contributed by atoms with Crippen molar-refractivity contribution >= 4 is 28.9 Å². The molecule has 0 atom stereocenters. The van der Waals surface area contributed by atoms with Gasteiger partial charge in [0, 0.05) is 40.5 Å². The zero-order chi connectivity index (χ0) is 13.3. The lowest BCUT2D eigenvalue weighted by atomic mass is 10.1. The Labute approximate surface area is 113 Å². The van der Waals surface area contributed by atoms with Gasteiger partial charge in [-0.2, -0.15) is 11.8 Å². The monoisotopic (exact) mass is 264 g/mol. The van der Waals surface area contributed by atoms with Crippen LogP contribution < -0.4 is 10.6 Å². The van der Waals surface area contributed by atoms with E-state index in [1.165, 1.54) is 0 Å². The number of thioether (sulfide) groups is 1. The summed E-state index contributed by atoms with van der Waals surface area (Å²) in [5, 5.41) is 0. The highest BCUT2D eigenvalue weighted by atomic mass is 32.2. The maximum Gasteiger partial charge on any atom is 0.161 e. The molecule has 0 spiro atoms. The van der Waals surface area contributed by atoms with Gasteiger partial charge in [-0.1, -0.05) is 0 Å². The molecular weight excluding hydrogens is 244 g/mol. The molecule has 1 heterocycles. The van der Waals surface area contributed by atoms with E-state index in [9.17, 15) is 4.79 Å². The maximum atomic E-state index is 11.4. The summed E-state index contributed by atoms with van der Waals surface area (Å²) in [5.74, 6) is 1.15. The minimum atomic E-state index is 0.0218. The summed E-state index contributed by atoms with van der Waals surface area (Å²) >= 11 is 2.00. The largest absolute Gasteiger partial charge is 0.398 e. The molecule has 1 fully saturated rings. The van der Waals surface area contributed by atoms with Crippen LogP contribution >= 0.6 is 11.8 Å². The van der Waals surface area contributed by atoms with E-state index in [-0.39, 0.29) is 10.5 Å². The highest BCUT2D eigenvalue weighted by Crippen LogP contribution is 2.33. The number of benzene rings is 1. The maximum absolute atomic E-state index is 11.4. The molecule has 1 aromatic rings. The first-order valence-corrected chi connectivity index (χ1v) is 7.17. The summed E-state index contributed by atoms with van der Waals surface area (Å²) in [6, 6.07) is 5.75. The Morgan fingerprint density at radius 2 is 2.17 bits per heavy atom. The predicted molar refractivity (Wildman–Crippen MR) is 79.6 cm³/mol. The lowest BCUT2D eigenvalue weighted by Crippen LogP contribution is -2.43. The fourth-order valence-electron chi connectivity index (χ4n) is 2.30. The Morgan fingerprint density at radius 1 is 1.44 bits per heavy atom. The number of ketones is 1. The van der Waals surface area contributed by atoms with Gasteiger partial charge in [-0.15, -0.1) is 0 Å². The number of Topliss-reactive ketones (excluding diaryl/α,β-unsaturated/α-hetero) is 1. The van der Waals surface area contributed by atoms with Crippen molar-refractivity contribution in [3.05, 3.63) is 23.8 Å². The van der Waals surface area contributed by atoms with Gasteiger partial charge in [0.1, 0.15) is 0 Å². The third-order valence-electron chi connectivity index (χ3n) is 3.21. The van der Waals surface area contributed by atoms with E-state index < -0.39 is 0 Å².